The van der Waals surface area contributed by atoms with E-state index in [1.165, 1.54) is 28.6 Å². The van der Waals surface area contributed by atoms with E-state index in [-0.39, 0.29) is 11.6 Å². The third kappa shape index (κ3) is 3.74. The number of thiophene rings is 1. The van der Waals surface area contributed by atoms with Gasteiger partial charge in [-0.15, -0.1) is 11.3 Å². The third-order valence-corrected chi connectivity index (χ3v) is 7.00. The van der Waals surface area contributed by atoms with Crippen LogP contribution in [0.15, 0.2) is 27.3 Å². The van der Waals surface area contributed by atoms with Crippen LogP contribution < -0.4 is 5.69 Å². The predicted octanol–water partition coefficient (Wildman–Crippen LogP) is 2.95. The summed E-state index contributed by atoms with van der Waals surface area (Å²) in [5.41, 5.74) is 2.11. The quantitative estimate of drug-likeness (QED) is 0.583. The maximum atomic E-state index is 12.6. The minimum Gasteiger partial charge on any atom is -0.342 e. The predicted molar refractivity (Wildman–Crippen MR) is 105 cm³/mol. The van der Waals surface area contributed by atoms with Gasteiger partial charge in [0.05, 0.1) is 12.3 Å². The summed E-state index contributed by atoms with van der Waals surface area (Å²) in [7, 11) is 0. The van der Waals surface area contributed by atoms with Gasteiger partial charge in [0.15, 0.2) is 0 Å². The maximum Gasteiger partial charge on any atom is 0.349 e. The van der Waals surface area contributed by atoms with Crippen LogP contribution in [0.5, 0.6) is 0 Å². The highest BCUT2D eigenvalue weighted by Crippen LogP contribution is 2.30. The van der Waals surface area contributed by atoms with E-state index in [1.807, 2.05) is 20.9 Å². The molecule has 0 saturated carbocycles. The highest BCUT2D eigenvalue weighted by Gasteiger charge is 2.24. The van der Waals surface area contributed by atoms with Gasteiger partial charge in [-0.3, -0.25) is 9.36 Å². The van der Waals surface area contributed by atoms with Gasteiger partial charge in [-0.25, -0.2) is 4.79 Å². The van der Waals surface area contributed by atoms with Crippen molar-refractivity contribution in [1.82, 2.24) is 14.5 Å². The zero-order valence-corrected chi connectivity index (χ0v) is 16.4. The number of nitrogens with zero attached hydrogens (tertiary/aromatic N) is 3. The summed E-state index contributed by atoms with van der Waals surface area (Å²) in [6, 6.07) is 4.06. The number of carbonyl (C=O) groups excluding carboxylic acids is 1. The van der Waals surface area contributed by atoms with Gasteiger partial charge in [0.25, 0.3) is 0 Å². The number of aromatic nitrogens is 2. The molecule has 4 rings (SSSR count). The average Bonchev–Trinajstić information content (AvgIpc) is 3.34. The number of thioether (sulfide) groups is 1. The zero-order valence-electron chi connectivity index (χ0n) is 14.8. The smallest absolute Gasteiger partial charge is 0.342 e. The first kappa shape index (κ1) is 17.8. The fourth-order valence-electron chi connectivity index (χ4n) is 3.79. The molecule has 26 heavy (non-hydrogen) atoms. The van der Waals surface area contributed by atoms with E-state index in [0.29, 0.717) is 12.3 Å². The first-order valence-electron chi connectivity index (χ1n) is 9.28. The number of likely N-dealkylation sites (tertiary alicyclic amines) is 1. The van der Waals surface area contributed by atoms with Crippen molar-refractivity contribution in [2.45, 2.75) is 50.1 Å². The Morgan fingerprint density at radius 2 is 2.04 bits per heavy atom. The first-order valence-corrected chi connectivity index (χ1v) is 11.1. The second-order valence-electron chi connectivity index (χ2n) is 6.87. The largest absolute Gasteiger partial charge is 0.349 e. The minimum absolute atomic E-state index is 0.172. The van der Waals surface area contributed by atoms with E-state index in [2.05, 4.69) is 11.1 Å². The van der Waals surface area contributed by atoms with E-state index in [4.69, 9.17) is 0 Å². The highest BCUT2D eigenvalue weighted by atomic mass is 32.2. The zero-order chi connectivity index (χ0) is 17.9. The molecule has 138 valence electrons. The molecule has 0 atom stereocenters. The molecule has 1 fully saturated rings. The molecule has 1 amide bonds. The van der Waals surface area contributed by atoms with Crippen molar-refractivity contribution < 1.29 is 4.79 Å². The third-order valence-electron chi connectivity index (χ3n) is 5.14. The molecule has 1 aliphatic heterocycles. The topological polar surface area (TPSA) is 55.2 Å². The number of fused-ring (bicyclic) bond motifs is 1. The van der Waals surface area contributed by atoms with Gasteiger partial charge in [-0.05, 0) is 50.0 Å². The van der Waals surface area contributed by atoms with Crippen LogP contribution in [0.25, 0.3) is 0 Å². The van der Waals surface area contributed by atoms with Gasteiger partial charge in [-0.2, -0.15) is 4.98 Å². The number of carbonyl (C=O) groups is 1. The van der Waals surface area contributed by atoms with E-state index in [0.717, 1.165) is 55.9 Å². The molecule has 7 heteroatoms. The average molecular weight is 390 g/mol. The van der Waals surface area contributed by atoms with E-state index < -0.39 is 0 Å². The fraction of sp³-hybridized carbons (Fsp3) is 0.526. The first-order chi connectivity index (χ1) is 12.7. The molecule has 0 unspecified atom stereocenters. The number of piperidine rings is 1. The molecule has 0 aromatic carbocycles. The van der Waals surface area contributed by atoms with Crippen molar-refractivity contribution in [1.29, 1.82) is 0 Å². The van der Waals surface area contributed by atoms with Crippen LogP contribution in [0.3, 0.4) is 0 Å². The molecule has 0 bridgehead atoms. The Labute approximate surface area is 161 Å². The van der Waals surface area contributed by atoms with Crippen molar-refractivity contribution in [2.75, 3.05) is 18.8 Å². The van der Waals surface area contributed by atoms with Crippen molar-refractivity contribution in [3.8, 4) is 0 Å². The molecule has 1 aliphatic carbocycles. The van der Waals surface area contributed by atoms with Crippen LogP contribution in [-0.2, 0) is 24.2 Å². The summed E-state index contributed by atoms with van der Waals surface area (Å²) in [6.45, 7) is 2.34. The lowest BCUT2D eigenvalue weighted by atomic mass is 10.1. The van der Waals surface area contributed by atoms with Crippen molar-refractivity contribution in [3.05, 3.63) is 44.1 Å². The summed E-state index contributed by atoms with van der Waals surface area (Å²) < 4.78 is 1.82. The molecule has 2 aromatic rings. The van der Waals surface area contributed by atoms with Crippen LogP contribution in [0.1, 0.15) is 41.8 Å². The summed E-state index contributed by atoms with van der Waals surface area (Å²) in [5, 5.41) is 2.81. The molecule has 2 aliphatic rings. The Kier molecular flexibility index (Phi) is 5.45. The monoisotopic (exact) mass is 389 g/mol. The fourth-order valence-corrected chi connectivity index (χ4v) is 5.46. The van der Waals surface area contributed by atoms with Crippen molar-refractivity contribution in [3.63, 3.8) is 0 Å². The Bertz CT molecular complexity index is 839. The Morgan fingerprint density at radius 1 is 1.19 bits per heavy atom. The summed E-state index contributed by atoms with van der Waals surface area (Å²) in [6.07, 6.45) is 6.35. The van der Waals surface area contributed by atoms with Gasteiger partial charge in [0, 0.05) is 29.2 Å². The highest BCUT2D eigenvalue weighted by molar-refractivity contribution is 7.99. The Morgan fingerprint density at radius 3 is 2.81 bits per heavy atom. The molecule has 3 heterocycles. The lowest BCUT2D eigenvalue weighted by Gasteiger charge is -2.26. The van der Waals surface area contributed by atoms with Gasteiger partial charge in [0.2, 0.25) is 5.91 Å². The minimum atomic E-state index is -0.188. The molecular formula is C19H23N3O2S2. The van der Waals surface area contributed by atoms with Crippen LogP contribution >= 0.6 is 23.1 Å². The number of rotatable bonds is 5. The van der Waals surface area contributed by atoms with Gasteiger partial charge >= 0.3 is 5.69 Å². The van der Waals surface area contributed by atoms with Crippen molar-refractivity contribution in [2.24, 2.45) is 0 Å². The number of hydrogen-bond acceptors (Lipinski definition) is 5. The lowest BCUT2D eigenvalue weighted by molar-refractivity contribution is -0.129. The Balaban J connectivity index is 1.52. The van der Waals surface area contributed by atoms with Gasteiger partial charge in [0.1, 0.15) is 5.03 Å². The maximum absolute atomic E-state index is 12.6. The summed E-state index contributed by atoms with van der Waals surface area (Å²) in [4.78, 5) is 32.5. The number of hydrogen-bond donors (Lipinski definition) is 0. The van der Waals surface area contributed by atoms with Gasteiger partial charge in [-0.1, -0.05) is 17.8 Å². The van der Waals surface area contributed by atoms with Crippen molar-refractivity contribution >= 4 is 29.0 Å². The molecule has 1 saturated heterocycles. The molecular weight excluding hydrogens is 366 g/mol. The molecule has 0 spiro atoms. The van der Waals surface area contributed by atoms with Crippen LogP contribution in [0.2, 0.25) is 0 Å². The second kappa shape index (κ2) is 7.96. The lowest BCUT2D eigenvalue weighted by Crippen LogP contribution is -2.36. The molecule has 2 aromatic heterocycles. The second-order valence-corrected chi connectivity index (χ2v) is 8.87. The van der Waals surface area contributed by atoms with Crippen LogP contribution in [0, 0.1) is 0 Å². The molecule has 0 radical (unpaired) electrons. The van der Waals surface area contributed by atoms with E-state index >= 15 is 0 Å². The standard InChI is InChI=1S/C19H23N3O2S2/c23-17(21-9-2-1-3-10-21)13-26-18-15-7-4-8-16(15)22(19(24)20-18)12-14-6-5-11-25-14/h5-6,11H,1-4,7-10,12-13H2. The van der Waals surface area contributed by atoms with E-state index in [1.54, 1.807) is 11.3 Å². The normalized spacial score (nSPS) is 16.7. The summed E-state index contributed by atoms with van der Waals surface area (Å²) in [5.74, 6) is 0.555. The van der Waals surface area contributed by atoms with Gasteiger partial charge < -0.3 is 4.90 Å². The van der Waals surface area contributed by atoms with Crippen LogP contribution in [0.4, 0.5) is 0 Å². The van der Waals surface area contributed by atoms with Crippen LogP contribution in [-0.4, -0.2) is 39.2 Å². The number of amides is 1. The SMILES string of the molecule is O=C(CSc1nc(=O)n(Cc2cccs2)c2c1CCC2)N1CCCCC1. The molecule has 0 N–H and O–H groups in total. The Hall–Kier alpha value is -1.60. The van der Waals surface area contributed by atoms with E-state index in [9.17, 15) is 9.59 Å². The molecule has 5 nitrogen and oxygen atoms in total. The summed E-state index contributed by atoms with van der Waals surface area (Å²) >= 11 is 3.11.